The van der Waals surface area contributed by atoms with Crippen LogP contribution in [0, 0.1) is 19.3 Å². The molecule has 0 spiro atoms. The monoisotopic (exact) mass is 218 g/mol. The number of carbonyl (C=O) groups is 1. The van der Waals surface area contributed by atoms with Gasteiger partial charge in [-0.25, -0.2) is 0 Å². The van der Waals surface area contributed by atoms with E-state index in [-0.39, 0.29) is 0 Å². The quantitative estimate of drug-likeness (QED) is 0.846. The number of rotatable bonds is 3. The van der Waals surface area contributed by atoms with Gasteiger partial charge >= 0.3 is 5.97 Å². The number of carboxylic acids is 1. The summed E-state index contributed by atoms with van der Waals surface area (Å²) in [5, 5.41) is 9.27. The van der Waals surface area contributed by atoms with E-state index in [1.54, 1.807) is 0 Å². The van der Waals surface area contributed by atoms with Crippen molar-refractivity contribution in [1.82, 2.24) is 0 Å². The molecule has 0 atom stereocenters. The van der Waals surface area contributed by atoms with Crippen molar-refractivity contribution in [3.05, 3.63) is 34.9 Å². The molecule has 0 unspecified atom stereocenters. The number of hydrogen-bond donors (Lipinski definition) is 1. The molecule has 1 N–H and O–H groups in total. The molecule has 0 radical (unpaired) electrons. The lowest BCUT2D eigenvalue weighted by molar-refractivity contribution is -0.154. The van der Waals surface area contributed by atoms with Crippen LogP contribution in [0.25, 0.3) is 0 Å². The summed E-state index contributed by atoms with van der Waals surface area (Å²) >= 11 is 0. The number of hydrogen-bond acceptors (Lipinski definition) is 1. The Kier molecular flexibility index (Phi) is 2.75. The lowest BCUT2D eigenvalue weighted by Crippen LogP contribution is -2.39. The molecule has 2 heteroatoms. The summed E-state index contributed by atoms with van der Waals surface area (Å²) in [7, 11) is 0. The molecule has 86 valence electrons. The van der Waals surface area contributed by atoms with Crippen LogP contribution in [0.4, 0.5) is 0 Å². The molecule has 1 aromatic rings. The molecule has 0 heterocycles. The second kappa shape index (κ2) is 3.93. The van der Waals surface area contributed by atoms with Crippen molar-refractivity contribution in [2.75, 3.05) is 0 Å². The van der Waals surface area contributed by atoms with E-state index in [0.717, 1.165) is 24.8 Å². The fourth-order valence-corrected chi connectivity index (χ4v) is 2.37. The molecule has 2 nitrogen and oxygen atoms in total. The summed E-state index contributed by atoms with van der Waals surface area (Å²) < 4.78 is 0. The molecule has 1 fully saturated rings. The molecule has 2 rings (SSSR count). The van der Waals surface area contributed by atoms with Crippen LogP contribution in [0.2, 0.25) is 0 Å². The fraction of sp³-hybridized carbons (Fsp3) is 0.500. The van der Waals surface area contributed by atoms with Crippen LogP contribution in [-0.2, 0) is 11.2 Å². The van der Waals surface area contributed by atoms with Crippen molar-refractivity contribution in [1.29, 1.82) is 0 Å². The Bertz CT molecular complexity index is 417. The van der Waals surface area contributed by atoms with E-state index < -0.39 is 11.4 Å². The zero-order chi connectivity index (χ0) is 11.8. The highest BCUT2D eigenvalue weighted by molar-refractivity contribution is 5.76. The zero-order valence-corrected chi connectivity index (χ0v) is 9.92. The third-order valence-electron chi connectivity index (χ3n) is 3.88. The predicted molar refractivity (Wildman–Crippen MR) is 63.5 cm³/mol. The van der Waals surface area contributed by atoms with Gasteiger partial charge in [-0.2, -0.15) is 0 Å². The minimum absolute atomic E-state index is 0.471. The summed E-state index contributed by atoms with van der Waals surface area (Å²) in [5.41, 5.74) is 3.20. The van der Waals surface area contributed by atoms with Crippen LogP contribution in [0.15, 0.2) is 18.2 Å². The van der Waals surface area contributed by atoms with Crippen molar-refractivity contribution >= 4 is 5.97 Å². The highest BCUT2D eigenvalue weighted by Crippen LogP contribution is 2.44. The van der Waals surface area contributed by atoms with Crippen LogP contribution in [0.3, 0.4) is 0 Å². The van der Waals surface area contributed by atoms with Gasteiger partial charge in [-0.05, 0) is 49.8 Å². The molecule has 1 aliphatic carbocycles. The van der Waals surface area contributed by atoms with Crippen molar-refractivity contribution in [3.63, 3.8) is 0 Å². The van der Waals surface area contributed by atoms with E-state index in [1.807, 2.05) is 0 Å². The molecule has 0 saturated heterocycles. The van der Waals surface area contributed by atoms with Crippen LogP contribution in [-0.4, -0.2) is 11.1 Å². The molecule has 0 amide bonds. The molecular weight excluding hydrogens is 200 g/mol. The zero-order valence-electron chi connectivity index (χ0n) is 9.92. The number of aliphatic carboxylic acids is 1. The summed E-state index contributed by atoms with van der Waals surface area (Å²) in [6, 6.07) is 6.27. The molecule has 0 bridgehead atoms. The molecule has 16 heavy (non-hydrogen) atoms. The van der Waals surface area contributed by atoms with Gasteiger partial charge in [0, 0.05) is 0 Å². The lowest BCUT2D eigenvalue weighted by atomic mass is 9.65. The second-order valence-corrected chi connectivity index (χ2v) is 5.03. The van der Waals surface area contributed by atoms with Gasteiger partial charge in [0.1, 0.15) is 0 Å². The van der Waals surface area contributed by atoms with Crippen molar-refractivity contribution in [2.45, 2.75) is 39.5 Å². The highest BCUT2D eigenvalue weighted by Gasteiger charge is 2.44. The number of carboxylic acid groups (broad SMARTS) is 1. The van der Waals surface area contributed by atoms with Crippen molar-refractivity contribution in [2.24, 2.45) is 5.41 Å². The average Bonchev–Trinajstić information content (AvgIpc) is 2.16. The first kappa shape index (κ1) is 11.2. The van der Waals surface area contributed by atoms with Crippen LogP contribution < -0.4 is 0 Å². The van der Waals surface area contributed by atoms with Crippen LogP contribution in [0.1, 0.15) is 36.0 Å². The molecular formula is C14H18O2. The summed E-state index contributed by atoms with van der Waals surface area (Å²) in [6.07, 6.45) is 3.39. The largest absolute Gasteiger partial charge is 0.481 e. The number of benzene rings is 1. The molecule has 1 aliphatic rings. The molecule has 1 saturated carbocycles. The number of aryl methyl sites for hydroxylation is 2. The Morgan fingerprint density at radius 3 is 2.44 bits per heavy atom. The van der Waals surface area contributed by atoms with Gasteiger partial charge in [-0.3, -0.25) is 4.79 Å². The first-order valence-electron chi connectivity index (χ1n) is 5.83. The molecule has 0 aliphatic heterocycles. The topological polar surface area (TPSA) is 37.3 Å². The Labute approximate surface area is 96.3 Å². The first-order valence-corrected chi connectivity index (χ1v) is 5.83. The van der Waals surface area contributed by atoms with Gasteiger partial charge in [0.2, 0.25) is 0 Å². The van der Waals surface area contributed by atoms with E-state index in [1.165, 1.54) is 11.1 Å². The van der Waals surface area contributed by atoms with Gasteiger partial charge in [0.15, 0.2) is 0 Å². The average molecular weight is 218 g/mol. The predicted octanol–water partition coefficient (Wildman–Crippen LogP) is 3.10. The third-order valence-corrected chi connectivity index (χ3v) is 3.88. The van der Waals surface area contributed by atoms with Crippen molar-refractivity contribution in [3.8, 4) is 0 Å². The van der Waals surface area contributed by atoms with Gasteiger partial charge in [-0.1, -0.05) is 24.6 Å². The van der Waals surface area contributed by atoms with Gasteiger partial charge in [0.25, 0.3) is 0 Å². The van der Waals surface area contributed by atoms with E-state index >= 15 is 0 Å². The molecule has 0 aromatic heterocycles. The normalized spacial score (nSPS) is 17.9. The minimum Gasteiger partial charge on any atom is -0.481 e. The maximum atomic E-state index is 11.3. The maximum absolute atomic E-state index is 11.3. The van der Waals surface area contributed by atoms with Crippen LogP contribution >= 0.6 is 0 Å². The Balaban J connectivity index is 2.20. The second-order valence-electron chi connectivity index (χ2n) is 5.03. The summed E-state index contributed by atoms with van der Waals surface area (Å²) in [5.74, 6) is -0.628. The minimum atomic E-state index is -0.628. The van der Waals surface area contributed by atoms with Crippen molar-refractivity contribution < 1.29 is 9.90 Å². The highest BCUT2D eigenvalue weighted by atomic mass is 16.4. The Hall–Kier alpha value is -1.31. The van der Waals surface area contributed by atoms with E-state index in [2.05, 4.69) is 32.0 Å². The van der Waals surface area contributed by atoms with Gasteiger partial charge in [0.05, 0.1) is 5.41 Å². The van der Waals surface area contributed by atoms with E-state index in [9.17, 15) is 9.90 Å². The van der Waals surface area contributed by atoms with Gasteiger partial charge in [-0.15, -0.1) is 0 Å². The van der Waals surface area contributed by atoms with E-state index in [0.29, 0.717) is 6.42 Å². The van der Waals surface area contributed by atoms with E-state index in [4.69, 9.17) is 0 Å². The summed E-state index contributed by atoms with van der Waals surface area (Å²) in [6.45, 7) is 4.16. The first-order chi connectivity index (χ1) is 7.53. The SMILES string of the molecule is Cc1ccc(CC2(C(=O)O)CCC2)cc1C. The standard InChI is InChI=1S/C14H18O2/c1-10-4-5-12(8-11(10)2)9-14(13(15)16)6-3-7-14/h4-5,8H,3,6-7,9H2,1-2H3,(H,15,16). The summed E-state index contributed by atoms with van der Waals surface area (Å²) in [4.78, 5) is 11.3. The fourth-order valence-electron chi connectivity index (χ4n) is 2.37. The Morgan fingerprint density at radius 2 is 2.00 bits per heavy atom. The third kappa shape index (κ3) is 1.84. The maximum Gasteiger partial charge on any atom is 0.309 e. The Morgan fingerprint density at radius 1 is 1.31 bits per heavy atom. The van der Waals surface area contributed by atoms with Gasteiger partial charge < -0.3 is 5.11 Å². The molecule has 1 aromatic carbocycles. The lowest BCUT2D eigenvalue weighted by Gasteiger charge is -2.37. The van der Waals surface area contributed by atoms with Crippen LogP contribution in [0.5, 0.6) is 0 Å². The smallest absolute Gasteiger partial charge is 0.309 e.